The molecule has 4 heterocycles. The number of nitrogens with two attached hydrogens (primary N) is 1. The highest BCUT2D eigenvalue weighted by atomic mass is 16.5. The number of rotatable bonds is 3. The first-order valence-corrected chi connectivity index (χ1v) is 11.2. The van der Waals surface area contributed by atoms with Crippen molar-refractivity contribution in [2.45, 2.75) is 31.7 Å². The fourth-order valence-corrected chi connectivity index (χ4v) is 5.14. The van der Waals surface area contributed by atoms with Gasteiger partial charge in [0.05, 0.1) is 22.3 Å². The van der Waals surface area contributed by atoms with Gasteiger partial charge in [0, 0.05) is 24.2 Å². The minimum absolute atomic E-state index is 0.295. The molecule has 0 spiro atoms. The van der Waals surface area contributed by atoms with Crippen LogP contribution in [0.15, 0.2) is 42.5 Å². The number of aromatic nitrogens is 4. The highest BCUT2D eigenvalue weighted by Gasteiger charge is 2.38. The Kier molecular flexibility index (Phi) is 3.67. The number of hydrogen-bond donors (Lipinski definition) is 3. The molecule has 0 amide bonds. The molecule has 3 aliphatic rings. The normalized spacial score (nSPS) is 19.4. The second kappa shape index (κ2) is 6.59. The van der Waals surface area contributed by atoms with E-state index in [2.05, 4.69) is 36.4 Å². The lowest BCUT2D eigenvalue weighted by molar-refractivity contribution is 0.492. The van der Waals surface area contributed by atoms with Crippen molar-refractivity contribution in [1.82, 2.24) is 20.2 Å². The largest absolute Gasteiger partial charge is 0.454 e. The molecule has 0 bridgehead atoms. The molecular weight excluding hydrogens is 402 g/mol. The Bertz CT molecular complexity index is 1360. The van der Waals surface area contributed by atoms with Crippen molar-refractivity contribution in [3.8, 4) is 22.8 Å². The summed E-state index contributed by atoms with van der Waals surface area (Å²) in [4.78, 5) is 11.6. The monoisotopic (exact) mass is 425 g/mol. The molecule has 2 fully saturated rings. The lowest BCUT2D eigenvalue weighted by Gasteiger charge is -2.26. The van der Waals surface area contributed by atoms with Crippen LogP contribution in [0.5, 0.6) is 11.5 Å². The predicted octanol–water partition coefficient (Wildman–Crippen LogP) is 4.83. The van der Waals surface area contributed by atoms with Crippen LogP contribution < -0.4 is 20.7 Å². The van der Waals surface area contributed by atoms with E-state index in [1.165, 1.54) is 25.7 Å². The Morgan fingerprint density at radius 1 is 1.03 bits per heavy atom. The Hall–Kier alpha value is -3.81. The van der Waals surface area contributed by atoms with Crippen LogP contribution in [0.4, 0.5) is 23.3 Å². The molecule has 2 aliphatic heterocycles. The van der Waals surface area contributed by atoms with Crippen molar-refractivity contribution in [2.75, 3.05) is 22.5 Å². The number of nitrogens with one attached hydrogen (secondary N) is 2. The lowest BCUT2D eigenvalue weighted by atomic mass is 10.1. The van der Waals surface area contributed by atoms with Gasteiger partial charge in [0.1, 0.15) is 11.6 Å². The van der Waals surface area contributed by atoms with Crippen LogP contribution in [-0.2, 0) is 0 Å². The van der Waals surface area contributed by atoms with Crippen LogP contribution in [0.2, 0.25) is 0 Å². The molecule has 1 aliphatic carbocycles. The fourth-order valence-electron chi connectivity index (χ4n) is 5.14. The van der Waals surface area contributed by atoms with Crippen molar-refractivity contribution in [2.24, 2.45) is 5.92 Å². The Morgan fingerprint density at radius 2 is 1.94 bits per heavy atom. The van der Waals surface area contributed by atoms with Gasteiger partial charge < -0.3 is 20.7 Å². The van der Waals surface area contributed by atoms with E-state index < -0.39 is 0 Å². The molecule has 8 heteroatoms. The summed E-state index contributed by atoms with van der Waals surface area (Å²) < 4.78 is 6.30. The van der Waals surface area contributed by atoms with E-state index in [9.17, 15) is 0 Å². The Morgan fingerprint density at radius 3 is 2.84 bits per heavy atom. The van der Waals surface area contributed by atoms with Gasteiger partial charge in [-0.05, 0) is 55.9 Å². The number of H-pyrrole nitrogens is 1. The summed E-state index contributed by atoms with van der Waals surface area (Å²) in [6, 6.07) is 14.5. The Labute approximate surface area is 184 Å². The van der Waals surface area contributed by atoms with Gasteiger partial charge in [-0.2, -0.15) is 10.1 Å². The standard InChI is InChI=1S/C24H23N7O/c25-24-27-16(12-21(28-24)31-9-3-5-18(31)13-7-8-13)14-10-17-22-20(11-14)32-19-6-2-1-4-15(19)26-23(22)30-29-17/h1-2,4,6,10-13,18H,3,5,7-9H2,(H2,25,27,28)(H2,26,29,30). The van der Waals surface area contributed by atoms with E-state index in [1.54, 1.807) is 0 Å². The maximum Gasteiger partial charge on any atom is 0.222 e. The van der Waals surface area contributed by atoms with Gasteiger partial charge in [0.25, 0.3) is 0 Å². The first-order valence-electron chi connectivity index (χ1n) is 11.2. The minimum atomic E-state index is 0.295. The van der Waals surface area contributed by atoms with Crippen molar-refractivity contribution in [1.29, 1.82) is 0 Å². The summed E-state index contributed by atoms with van der Waals surface area (Å²) in [5.74, 6) is 4.25. The molecular formula is C24H23N7O. The molecule has 1 saturated heterocycles. The molecule has 160 valence electrons. The first-order chi connectivity index (χ1) is 15.7. The van der Waals surface area contributed by atoms with E-state index in [-0.39, 0.29) is 0 Å². The van der Waals surface area contributed by atoms with Crippen molar-refractivity contribution in [3.05, 3.63) is 42.5 Å². The first kappa shape index (κ1) is 17.8. The number of fused-ring (bicyclic) bond motifs is 1. The zero-order valence-corrected chi connectivity index (χ0v) is 17.5. The third kappa shape index (κ3) is 2.79. The SMILES string of the molecule is Nc1nc(-c2cc3c4c(n[nH]c4c2)Nc2ccccc2O3)cc(N2CCCC2C2CC2)n1. The summed E-state index contributed by atoms with van der Waals surface area (Å²) in [5, 5.41) is 11.9. The van der Waals surface area contributed by atoms with Gasteiger partial charge in [-0.25, -0.2) is 4.98 Å². The van der Waals surface area contributed by atoms with Crippen LogP contribution in [0.1, 0.15) is 25.7 Å². The molecule has 0 radical (unpaired) electrons. The summed E-state index contributed by atoms with van der Waals surface area (Å²) in [7, 11) is 0. The maximum atomic E-state index is 6.30. The van der Waals surface area contributed by atoms with Crippen LogP contribution in [0, 0.1) is 5.92 Å². The van der Waals surface area contributed by atoms with Crippen LogP contribution >= 0.6 is 0 Å². The zero-order valence-electron chi connectivity index (χ0n) is 17.5. The molecule has 8 nitrogen and oxygen atoms in total. The van der Waals surface area contributed by atoms with Crippen molar-refractivity contribution < 1.29 is 4.74 Å². The molecule has 4 N–H and O–H groups in total. The topological polar surface area (TPSA) is 105 Å². The number of nitrogen functional groups attached to an aromatic ring is 1. The number of aromatic amines is 1. The summed E-state index contributed by atoms with van der Waals surface area (Å²) in [6.07, 6.45) is 5.08. The van der Waals surface area contributed by atoms with Gasteiger partial charge in [-0.3, -0.25) is 5.10 Å². The predicted molar refractivity (Wildman–Crippen MR) is 124 cm³/mol. The van der Waals surface area contributed by atoms with Crippen LogP contribution in [-0.4, -0.2) is 32.8 Å². The molecule has 4 aromatic rings. The number of para-hydroxylation sites is 2. The molecule has 1 saturated carbocycles. The van der Waals surface area contributed by atoms with E-state index in [4.69, 9.17) is 10.5 Å². The maximum absolute atomic E-state index is 6.30. The smallest absolute Gasteiger partial charge is 0.222 e. The van der Waals surface area contributed by atoms with E-state index in [0.29, 0.717) is 12.0 Å². The van der Waals surface area contributed by atoms with Crippen molar-refractivity contribution in [3.63, 3.8) is 0 Å². The highest BCUT2D eigenvalue weighted by Crippen LogP contribution is 2.45. The molecule has 2 aromatic carbocycles. The third-order valence-corrected chi connectivity index (χ3v) is 6.77. The summed E-state index contributed by atoms with van der Waals surface area (Å²) in [5.41, 5.74) is 9.64. The second-order valence-electron chi connectivity index (χ2n) is 8.90. The third-order valence-electron chi connectivity index (χ3n) is 6.77. The molecule has 7 rings (SSSR count). The second-order valence-corrected chi connectivity index (χ2v) is 8.90. The van der Waals surface area contributed by atoms with Gasteiger partial charge >= 0.3 is 0 Å². The quantitative estimate of drug-likeness (QED) is 0.380. The fraction of sp³-hybridized carbons (Fsp3) is 0.292. The number of ether oxygens (including phenoxy) is 1. The van der Waals surface area contributed by atoms with Gasteiger partial charge in [-0.1, -0.05) is 12.1 Å². The molecule has 1 unspecified atom stereocenters. The van der Waals surface area contributed by atoms with Crippen LogP contribution in [0.3, 0.4) is 0 Å². The number of benzene rings is 2. The highest BCUT2D eigenvalue weighted by molar-refractivity contribution is 6.00. The minimum Gasteiger partial charge on any atom is -0.454 e. The number of nitrogens with zero attached hydrogens (tertiary/aromatic N) is 4. The summed E-state index contributed by atoms with van der Waals surface area (Å²) >= 11 is 0. The average Bonchev–Trinajstić information content (AvgIpc) is 3.42. The van der Waals surface area contributed by atoms with Crippen molar-refractivity contribution >= 4 is 34.2 Å². The number of anilines is 4. The molecule has 32 heavy (non-hydrogen) atoms. The van der Waals surface area contributed by atoms with E-state index in [0.717, 1.165) is 63.4 Å². The summed E-state index contributed by atoms with van der Waals surface area (Å²) in [6.45, 7) is 1.02. The zero-order chi connectivity index (χ0) is 21.2. The van der Waals surface area contributed by atoms with E-state index >= 15 is 0 Å². The van der Waals surface area contributed by atoms with Gasteiger partial charge in [-0.15, -0.1) is 0 Å². The molecule has 2 aromatic heterocycles. The van der Waals surface area contributed by atoms with Gasteiger partial charge in [0.2, 0.25) is 5.95 Å². The lowest BCUT2D eigenvalue weighted by Crippen LogP contribution is -2.31. The Balaban J connectivity index is 1.34. The van der Waals surface area contributed by atoms with Crippen LogP contribution in [0.25, 0.3) is 22.2 Å². The van der Waals surface area contributed by atoms with E-state index in [1.807, 2.05) is 36.4 Å². The van der Waals surface area contributed by atoms with Gasteiger partial charge in [0.15, 0.2) is 11.6 Å². The molecule has 1 atom stereocenters. The number of hydrogen-bond acceptors (Lipinski definition) is 7. The average molecular weight is 425 g/mol.